The number of ether oxygens (including phenoxy) is 1. The summed E-state index contributed by atoms with van der Waals surface area (Å²) in [5.41, 5.74) is 0. The van der Waals surface area contributed by atoms with Gasteiger partial charge >= 0.3 is 0 Å². The number of hydrogen-bond acceptors (Lipinski definition) is 5. The molecule has 1 aliphatic carbocycles. The van der Waals surface area contributed by atoms with Crippen LogP contribution in [0.15, 0.2) is 14.7 Å². The molecule has 2 N–H and O–H groups in total. The molecular weight excluding hydrogens is 376 g/mol. The van der Waals surface area contributed by atoms with E-state index in [2.05, 4.69) is 26.0 Å². The van der Waals surface area contributed by atoms with E-state index >= 15 is 0 Å². The monoisotopic (exact) mass is 396 g/mol. The molecule has 8 heteroatoms. The zero-order chi connectivity index (χ0) is 15.5. The molecule has 2 rings (SSSR count). The SMILES string of the molecule is CCOC(C)CNS(=O)(=O)c1cc(CNC2CC2)sc1Br. The number of thiophene rings is 1. The van der Waals surface area contributed by atoms with Gasteiger partial charge in [-0.25, -0.2) is 13.1 Å². The zero-order valence-corrected chi connectivity index (χ0v) is 15.4. The second kappa shape index (κ2) is 7.52. The fourth-order valence-corrected chi connectivity index (χ4v) is 5.60. The lowest BCUT2D eigenvalue weighted by atomic mass is 10.4. The van der Waals surface area contributed by atoms with Crippen LogP contribution in [0.2, 0.25) is 0 Å². The van der Waals surface area contributed by atoms with Gasteiger partial charge in [0.2, 0.25) is 10.0 Å². The first kappa shape index (κ1) is 17.4. The van der Waals surface area contributed by atoms with Crippen molar-refractivity contribution in [3.8, 4) is 0 Å². The minimum atomic E-state index is -3.50. The Hall–Kier alpha value is 0.01000. The fourth-order valence-electron chi connectivity index (χ4n) is 1.85. The third kappa shape index (κ3) is 5.30. The van der Waals surface area contributed by atoms with Crippen molar-refractivity contribution in [2.45, 2.75) is 50.3 Å². The predicted octanol–water partition coefficient (Wildman–Crippen LogP) is 2.47. The maximum Gasteiger partial charge on any atom is 0.242 e. The highest BCUT2D eigenvalue weighted by Crippen LogP contribution is 2.32. The van der Waals surface area contributed by atoms with Crippen LogP contribution in [0.5, 0.6) is 0 Å². The third-order valence-corrected chi connectivity index (χ3v) is 6.83. The maximum absolute atomic E-state index is 12.3. The molecule has 1 aliphatic rings. The van der Waals surface area contributed by atoms with Crippen LogP contribution in [0.1, 0.15) is 31.6 Å². The van der Waals surface area contributed by atoms with Gasteiger partial charge in [0, 0.05) is 30.6 Å². The smallest absolute Gasteiger partial charge is 0.242 e. The Morgan fingerprint density at radius 1 is 1.52 bits per heavy atom. The quantitative estimate of drug-likeness (QED) is 0.672. The molecule has 0 aliphatic heterocycles. The van der Waals surface area contributed by atoms with E-state index in [0.717, 1.165) is 11.4 Å². The summed E-state index contributed by atoms with van der Waals surface area (Å²) in [5, 5.41) is 3.39. The molecular formula is C13H21BrN2O3S2. The number of sulfonamides is 1. The average Bonchev–Trinajstić information content (AvgIpc) is 3.17. The third-order valence-electron chi connectivity index (χ3n) is 3.15. The van der Waals surface area contributed by atoms with Crippen molar-refractivity contribution in [1.82, 2.24) is 10.0 Å². The number of nitrogens with one attached hydrogen (secondary N) is 2. The first-order valence-corrected chi connectivity index (χ1v) is 10.1. The van der Waals surface area contributed by atoms with Crippen molar-refractivity contribution in [2.24, 2.45) is 0 Å². The summed E-state index contributed by atoms with van der Waals surface area (Å²) < 4.78 is 33.2. The van der Waals surface area contributed by atoms with Gasteiger partial charge in [0.1, 0.15) is 4.90 Å². The maximum atomic E-state index is 12.3. The molecule has 1 saturated carbocycles. The van der Waals surface area contributed by atoms with Crippen LogP contribution in [0.3, 0.4) is 0 Å². The van der Waals surface area contributed by atoms with Crippen molar-refractivity contribution in [2.75, 3.05) is 13.2 Å². The van der Waals surface area contributed by atoms with Gasteiger partial charge in [-0.1, -0.05) is 0 Å². The van der Waals surface area contributed by atoms with Crippen molar-refractivity contribution in [3.63, 3.8) is 0 Å². The van der Waals surface area contributed by atoms with E-state index in [9.17, 15) is 8.42 Å². The van der Waals surface area contributed by atoms with Gasteiger partial charge in [-0.2, -0.15) is 0 Å². The summed E-state index contributed by atoms with van der Waals surface area (Å²) >= 11 is 4.81. The van der Waals surface area contributed by atoms with Gasteiger partial charge in [-0.3, -0.25) is 0 Å². The summed E-state index contributed by atoms with van der Waals surface area (Å²) in [6.45, 7) is 5.30. The van der Waals surface area contributed by atoms with Crippen LogP contribution >= 0.6 is 27.3 Å². The number of hydrogen-bond donors (Lipinski definition) is 2. The van der Waals surface area contributed by atoms with E-state index < -0.39 is 10.0 Å². The Morgan fingerprint density at radius 3 is 2.86 bits per heavy atom. The Bertz CT molecular complexity index is 570. The molecule has 0 radical (unpaired) electrons. The highest BCUT2D eigenvalue weighted by Gasteiger charge is 2.23. The fraction of sp³-hybridized carbons (Fsp3) is 0.692. The molecule has 1 atom stereocenters. The van der Waals surface area contributed by atoms with Crippen molar-refractivity contribution in [1.29, 1.82) is 0 Å². The summed E-state index contributed by atoms with van der Waals surface area (Å²) in [6.07, 6.45) is 2.29. The van der Waals surface area contributed by atoms with Crippen LogP contribution in [-0.4, -0.2) is 33.7 Å². The molecule has 0 saturated heterocycles. The first-order chi connectivity index (χ1) is 9.92. The molecule has 0 bridgehead atoms. The van der Waals surface area contributed by atoms with E-state index in [-0.39, 0.29) is 12.6 Å². The molecule has 1 aromatic rings. The van der Waals surface area contributed by atoms with Gasteiger partial charge in [-0.05, 0) is 48.7 Å². The van der Waals surface area contributed by atoms with E-state index in [1.807, 2.05) is 13.8 Å². The molecule has 0 amide bonds. The van der Waals surface area contributed by atoms with Gasteiger partial charge in [-0.15, -0.1) is 11.3 Å². The van der Waals surface area contributed by atoms with Crippen molar-refractivity contribution in [3.05, 3.63) is 14.7 Å². The molecule has 0 aromatic carbocycles. The van der Waals surface area contributed by atoms with Crippen LogP contribution in [0.4, 0.5) is 0 Å². The van der Waals surface area contributed by atoms with Gasteiger partial charge in [0.15, 0.2) is 0 Å². The average molecular weight is 397 g/mol. The van der Waals surface area contributed by atoms with E-state index in [4.69, 9.17) is 4.74 Å². The summed E-state index contributed by atoms with van der Waals surface area (Å²) in [7, 11) is -3.50. The zero-order valence-electron chi connectivity index (χ0n) is 12.2. The Kier molecular flexibility index (Phi) is 6.22. The molecule has 5 nitrogen and oxygen atoms in total. The normalized spacial score (nSPS) is 17.1. The summed E-state index contributed by atoms with van der Waals surface area (Å²) in [4.78, 5) is 1.33. The van der Waals surface area contributed by atoms with Gasteiger partial charge in [0.25, 0.3) is 0 Å². The molecule has 1 heterocycles. The van der Waals surface area contributed by atoms with E-state index in [1.54, 1.807) is 6.07 Å². The topological polar surface area (TPSA) is 67.4 Å². The Morgan fingerprint density at radius 2 is 2.24 bits per heavy atom. The highest BCUT2D eigenvalue weighted by atomic mass is 79.9. The number of rotatable bonds is 9. The minimum Gasteiger partial charge on any atom is -0.377 e. The summed E-state index contributed by atoms with van der Waals surface area (Å²) in [6, 6.07) is 2.34. The number of halogens is 1. The van der Waals surface area contributed by atoms with Crippen LogP contribution in [-0.2, 0) is 21.3 Å². The lowest BCUT2D eigenvalue weighted by Gasteiger charge is -2.12. The lowest BCUT2D eigenvalue weighted by Crippen LogP contribution is -2.32. The molecule has 0 spiro atoms. The van der Waals surface area contributed by atoms with Crippen molar-refractivity contribution < 1.29 is 13.2 Å². The second-order valence-corrected chi connectivity index (χ2v) is 9.31. The molecule has 1 unspecified atom stereocenters. The van der Waals surface area contributed by atoms with Crippen molar-refractivity contribution >= 4 is 37.3 Å². The molecule has 1 fully saturated rings. The van der Waals surface area contributed by atoms with Crippen LogP contribution in [0, 0.1) is 0 Å². The Balaban J connectivity index is 1.97. The van der Waals surface area contributed by atoms with E-state index in [1.165, 1.54) is 24.2 Å². The standard InChI is InChI=1S/C13H21BrN2O3S2/c1-3-19-9(2)7-16-21(17,18)12-6-11(20-13(12)14)8-15-10-4-5-10/h6,9-10,15-16H,3-5,7-8H2,1-2H3. The predicted molar refractivity (Wildman–Crippen MR) is 88.2 cm³/mol. The summed E-state index contributed by atoms with van der Waals surface area (Å²) in [5.74, 6) is 0. The molecule has 21 heavy (non-hydrogen) atoms. The minimum absolute atomic E-state index is 0.141. The van der Waals surface area contributed by atoms with Crippen LogP contribution in [0.25, 0.3) is 0 Å². The van der Waals surface area contributed by atoms with Crippen LogP contribution < -0.4 is 10.0 Å². The van der Waals surface area contributed by atoms with Gasteiger partial charge in [0.05, 0.1) is 9.89 Å². The largest absolute Gasteiger partial charge is 0.377 e. The van der Waals surface area contributed by atoms with E-state index in [0.29, 0.717) is 21.3 Å². The highest BCUT2D eigenvalue weighted by molar-refractivity contribution is 9.11. The second-order valence-electron chi connectivity index (χ2n) is 5.12. The molecule has 120 valence electrons. The molecule has 1 aromatic heterocycles. The first-order valence-electron chi connectivity index (χ1n) is 7.05. The Labute approximate surface area is 138 Å². The lowest BCUT2D eigenvalue weighted by molar-refractivity contribution is 0.0799. The van der Waals surface area contributed by atoms with Gasteiger partial charge < -0.3 is 10.1 Å².